The molecule has 0 aliphatic carbocycles. The highest BCUT2D eigenvalue weighted by molar-refractivity contribution is 9.10. The third-order valence-electron chi connectivity index (χ3n) is 3.03. The first-order chi connectivity index (χ1) is 10.2. The second-order valence-electron chi connectivity index (χ2n) is 4.48. The zero-order valence-corrected chi connectivity index (χ0v) is 12.8. The Labute approximate surface area is 129 Å². The first-order valence-electron chi connectivity index (χ1n) is 6.30. The van der Waals surface area contributed by atoms with Gasteiger partial charge < -0.3 is 14.5 Å². The van der Waals surface area contributed by atoms with Crippen molar-refractivity contribution in [3.8, 4) is 5.75 Å². The van der Waals surface area contributed by atoms with Crippen molar-refractivity contribution in [2.45, 2.75) is 0 Å². The van der Waals surface area contributed by atoms with Crippen LogP contribution in [0, 0.1) is 0 Å². The summed E-state index contributed by atoms with van der Waals surface area (Å²) in [6.45, 7) is 0. The molecule has 106 valence electrons. The summed E-state index contributed by atoms with van der Waals surface area (Å²) in [6.07, 6.45) is 0. The van der Waals surface area contributed by atoms with Crippen LogP contribution >= 0.6 is 15.9 Å². The zero-order chi connectivity index (χ0) is 14.8. The van der Waals surface area contributed by atoms with Gasteiger partial charge in [0.15, 0.2) is 5.76 Å². The Bertz CT molecular complexity index is 810. The van der Waals surface area contributed by atoms with E-state index in [4.69, 9.17) is 9.15 Å². The largest absolute Gasteiger partial charge is 0.497 e. The number of furan rings is 1. The van der Waals surface area contributed by atoms with Crippen LogP contribution in [0.5, 0.6) is 5.75 Å². The Kier molecular flexibility index (Phi) is 3.66. The molecule has 0 radical (unpaired) electrons. The summed E-state index contributed by atoms with van der Waals surface area (Å²) >= 11 is 3.37. The summed E-state index contributed by atoms with van der Waals surface area (Å²) < 4.78 is 11.6. The molecule has 0 bridgehead atoms. The number of hydrogen-bond donors (Lipinski definition) is 1. The molecule has 0 saturated carbocycles. The number of rotatable bonds is 3. The number of amides is 1. The van der Waals surface area contributed by atoms with Crippen LogP contribution in [0.1, 0.15) is 10.6 Å². The number of hydrogen-bond acceptors (Lipinski definition) is 3. The smallest absolute Gasteiger partial charge is 0.291 e. The highest BCUT2D eigenvalue weighted by Gasteiger charge is 2.13. The van der Waals surface area contributed by atoms with E-state index in [1.807, 2.05) is 30.3 Å². The number of carbonyl (C=O) groups is 1. The van der Waals surface area contributed by atoms with Crippen molar-refractivity contribution in [2.75, 3.05) is 12.4 Å². The van der Waals surface area contributed by atoms with Crippen molar-refractivity contribution in [3.05, 3.63) is 58.8 Å². The van der Waals surface area contributed by atoms with Crippen LogP contribution in [0.15, 0.2) is 57.4 Å². The summed E-state index contributed by atoms with van der Waals surface area (Å²) in [5.41, 5.74) is 1.32. The molecule has 0 atom stereocenters. The summed E-state index contributed by atoms with van der Waals surface area (Å²) in [6, 6.07) is 14.5. The van der Waals surface area contributed by atoms with E-state index in [0.29, 0.717) is 17.0 Å². The van der Waals surface area contributed by atoms with Crippen molar-refractivity contribution in [1.82, 2.24) is 0 Å². The van der Waals surface area contributed by atoms with Gasteiger partial charge in [0.25, 0.3) is 5.91 Å². The molecule has 1 amide bonds. The van der Waals surface area contributed by atoms with E-state index < -0.39 is 0 Å². The predicted molar refractivity (Wildman–Crippen MR) is 84.9 cm³/mol. The number of fused-ring (bicyclic) bond motifs is 1. The molecule has 21 heavy (non-hydrogen) atoms. The maximum Gasteiger partial charge on any atom is 0.291 e. The van der Waals surface area contributed by atoms with Gasteiger partial charge in [-0.2, -0.15) is 0 Å². The molecule has 1 N–H and O–H groups in total. The third kappa shape index (κ3) is 2.92. The van der Waals surface area contributed by atoms with E-state index in [0.717, 1.165) is 9.86 Å². The summed E-state index contributed by atoms with van der Waals surface area (Å²) in [7, 11) is 1.58. The van der Waals surface area contributed by atoms with Crippen LogP contribution in [0.25, 0.3) is 11.0 Å². The van der Waals surface area contributed by atoms with Crippen molar-refractivity contribution in [1.29, 1.82) is 0 Å². The fourth-order valence-electron chi connectivity index (χ4n) is 2.01. The number of benzene rings is 2. The fraction of sp³-hybridized carbons (Fsp3) is 0.0625. The predicted octanol–water partition coefficient (Wildman–Crippen LogP) is 4.46. The van der Waals surface area contributed by atoms with Gasteiger partial charge in [-0.3, -0.25) is 4.79 Å². The lowest BCUT2D eigenvalue weighted by atomic mass is 10.2. The molecule has 3 rings (SSSR count). The number of methoxy groups -OCH3 is 1. The minimum Gasteiger partial charge on any atom is -0.497 e. The van der Waals surface area contributed by atoms with Gasteiger partial charge in [-0.25, -0.2) is 0 Å². The molecule has 2 aromatic carbocycles. The molecule has 0 aliphatic rings. The Hall–Kier alpha value is -2.27. The minimum atomic E-state index is -0.296. The number of halogens is 1. The van der Waals surface area contributed by atoms with Crippen LogP contribution in [-0.2, 0) is 0 Å². The standard InChI is InChI=1S/C16H12BrNO3/c1-20-13-4-2-3-12(9-13)18-16(19)15-7-10-5-6-11(17)8-14(10)21-15/h2-9H,1H3,(H,18,19). The molecular formula is C16H12BrNO3. The highest BCUT2D eigenvalue weighted by atomic mass is 79.9. The van der Waals surface area contributed by atoms with E-state index in [1.54, 1.807) is 25.3 Å². The Morgan fingerprint density at radius 3 is 2.86 bits per heavy atom. The van der Waals surface area contributed by atoms with E-state index in [1.165, 1.54) is 0 Å². The first-order valence-corrected chi connectivity index (χ1v) is 7.09. The molecule has 5 heteroatoms. The molecule has 0 saturated heterocycles. The topological polar surface area (TPSA) is 51.5 Å². The second kappa shape index (κ2) is 5.61. The number of carbonyl (C=O) groups excluding carboxylic acids is 1. The monoisotopic (exact) mass is 345 g/mol. The Balaban J connectivity index is 1.86. The summed E-state index contributed by atoms with van der Waals surface area (Å²) in [4.78, 5) is 12.2. The number of ether oxygens (including phenoxy) is 1. The van der Waals surface area contributed by atoms with Gasteiger partial charge in [0.2, 0.25) is 0 Å². The average Bonchev–Trinajstić information content (AvgIpc) is 2.90. The summed E-state index contributed by atoms with van der Waals surface area (Å²) in [5.74, 6) is 0.655. The lowest BCUT2D eigenvalue weighted by Gasteiger charge is -2.05. The van der Waals surface area contributed by atoms with Gasteiger partial charge >= 0.3 is 0 Å². The zero-order valence-electron chi connectivity index (χ0n) is 11.2. The van der Waals surface area contributed by atoms with Crippen molar-refractivity contribution in [3.63, 3.8) is 0 Å². The van der Waals surface area contributed by atoms with Crippen LogP contribution in [0.4, 0.5) is 5.69 Å². The van der Waals surface area contributed by atoms with Crippen LogP contribution < -0.4 is 10.1 Å². The quantitative estimate of drug-likeness (QED) is 0.762. The van der Waals surface area contributed by atoms with E-state index in [9.17, 15) is 4.79 Å². The number of anilines is 1. The van der Waals surface area contributed by atoms with Gasteiger partial charge in [-0.1, -0.05) is 22.0 Å². The Morgan fingerprint density at radius 2 is 2.05 bits per heavy atom. The van der Waals surface area contributed by atoms with E-state index in [2.05, 4.69) is 21.2 Å². The van der Waals surface area contributed by atoms with Gasteiger partial charge in [0.1, 0.15) is 11.3 Å². The molecular weight excluding hydrogens is 334 g/mol. The molecule has 4 nitrogen and oxygen atoms in total. The van der Waals surface area contributed by atoms with Crippen molar-refractivity contribution < 1.29 is 13.9 Å². The molecule has 1 aromatic heterocycles. The lowest BCUT2D eigenvalue weighted by Crippen LogP contribution is -2.10. The van der Waals surface area contributed by atoms with Gasteiger partial charge in [-0.05, 0) is 36.4 Å². The average molecular weight is 346 g/mol. The van der Waals surface area contributed by atoms with Gasteiger partial charge in [0, 0.05) is 21.6 Å². The van der Waals surface area contributed by atoms with E-state index >= 15 is 0 Å². The van der Waals surface area contributed by atoms with Gasteiger partial charge in [0.05, 0.1) is 7.11 Å². The van der Waals surface area contributed by atoms with Crippen molar-refractivity contribution in [2.24, 2.45) is 0 Å². The highest BCUT2D eigenvalue weighted by Crippen LogP contribution is 2.24. The van der Waals surface area contributed by atoms with Crippen LogP contribution in [0.2, 0.25) is 0 Å². The second-order valence-corrected chi connectivity index (χ2v) is 5.39. The van der Waals surface area contributed by atoms with Crippen LogP contribution in [0.3, 0.4) is 0 Å². The maximum atomic E-state index is 12.2. The van der Waals surface area contributed by atoms with Gasteiger partial charge in [-0.15, -0.1) is 0 Å². The molecule has 3 aromatic rings. The van der Waals surface area contributed by atoms with Crippen molar-refractivity contribution >= 4 is 38.5 Å². The number of nitrogens with one attached hydrogen (secondary N) is 1. The Morgan fingerprint density at radius 1 is 1.19 bits per heavy atom. The molecule has 0 unspecified atom stereocenters. The molecule has 0 fully saturated rings. The maximum absolute atomic E-state index is 12.2. The molecule has 1 heterocycles. The van der Waals surface area contributed by atoms with Crippen LogP contribution in [-0.4, -0.2) is 13.0 Å². The first kappa shape index (κ1) is 13.7. The minimum absolute atomic E-state index is 0.269. The SMILES string of the molecule is COc1cccc(NC(=O)c2cc3ccc(Br)cc3o2)c1. The summed E-state index contributed by atoms with van der Waals surface area (Å²) in [5, 5.41) is 3.67. The fourth-order valence-corrected chi connectivity index (χ4v) is 2.35. The van der Waals surface area contributed by atoms with E-state index in [-0.39, 0.29) is 11.7 Å². The molecule has 0 aliphatic heterocycles. The molecule has 0 spiro atoms. The third-order valence-corrected chi connectivity index (χ3v) is 3.53. The normalized spacial score (nSPS) is 10.6. The lowest BCUT2D eigenvalue weighted by molar-refractivity contribution is 0.0998.